The average Bonchev–Trinajstić information content (AvgIpc) is 3.89. The number of nitrogens with zero attached hydrogens (tertiary/aromatic N) is 3. The molecule has 0 radical (unpaired) electrons. The molecule has 6 aliphatic rings. The summed E-state index contributed by atoms with van der Waals surface area (Å²) in [4.78, 5) is 53.6. The van der Waals surface area contributed by atoms with Crippen LogP contribution in [0.25, 0.3) is 10.9 Å². The molecule has 12 nitrogen and oxygen atoms in total. The number of esters is 2. The lowest BCUT2D eigenvalue weighted by Gasteiger charge is -2.63. The Hall–Kier alpha value is -4.65. The number of rotatable bonds is 7. The zero-order valence-electron chi connectivity index (χ0n) is 34.8. The van der Waals surface area contributed by atoms with Gasteiger partial charge >= 0.3 is 11.9 Å². The van der Waals surface area contributed by atoms with Crippen molar-refractivity contribution < 1.29 is 33.7 Å². The lowest BCUT2D eigenvalue weighted by atomic mass is 9.47. The largest absolute Gasteiger partial charge is 0.496 e. The van der Waals surface area contributed by atoms with Gasteiger partial charge in [-0.25, -0.2) is 0 Å². The first-order valence-corrected chi connectivity index (χ1v) is 21.0. The van der Waals surface area contributed by atoms with Gasteiger partial charge < -0.3 is 34.5 Å². The van der Waals surface area contributed by atoms with E-state index in [-0.39, 0.29) is 17.9 Å². The van der Waals surface area contributed by atoms with E-state index >= 15 is 4.79 Å². The van der Waals surface area contributed by atoms with E-state index in [9.17, 15) is 14.7 Å². The maximum absolute atomic E-state index is 15.3. The molecule has 1 saturated heterocycles. The van der Waals surface area contributed by atoms with Crippen molar-refractivity contribution in [1.82, 2.24) is 20.1 Å². The van der Waals surface area contributed by atoms with E-state index in [0.29, 0.717) is 43.7 Å². The first-order chi connectivity index (χ1) is 27.9. The van der Waals surface area contributed by atoms with Crippen molar-refractivity contribution in [2.75, 3.05) is 65.9 Å². The molecule has 1 amide bonds. The normalized spacial score (nSPS) is 34.7. The Labute approximate surface area is 340 Å². The number of carbonyl (C=O) groups excluding carboxylic acids is 3. The number of likely N-dealkylation sites (N-methyl/N-ethyl adjacent to an activating group) is 2. The molecule has 3 N–H and O–H groups in total. The van der Waals surface area contributed by atoms with Gasteiger partial charge in [0.1, 0.15) is 11.2 Å². The van der Waals surface area contributed by atoms with Gasteiger partial charge in [-0.3, -0.25) is 24.2 Å². The Balaban J connectivity index is 1.37. The van der Waals surface area contributed by atoms with Crippen LogP contribution < -0.4 is 15.0 Å². The van der Waals surface area contributed by atoms with Crippen LogP contribution in [0.2, 0.25) is 0 Å². The number of aliphatic hydroxyl groups is 1. The smallest absolute Gasteiger partial charge is 0.322 e. The summed E-state index contributed by atoms with van der Waals surface area (Å²) in [6.45, 7) is 9.54. The number of fused-ring (bicyclic) bond motifs is 6. The topological polar surface area (TPSA) is 137 Å². The molecule has 6 heterocycles. The Bertz CT molecular complexity index is 2270. The lowest BCUT2D eigenvalue weighted by Crippen LogP contribution is -2.82. The molecule has 58 heavy (non-hydrogen) atoms. The van der Waals surface area contributed by atoms with Gasteiger partial charge in [0, 0.05) is 98.0 Å². The van der Waals surface area contributed by atoms with Crippen molar-refractivity contribution >= 4 is 34.4 Å². The minimum absolute atomic E-state index is 0.0300. The highest BCUT2D eigenvalue weighted by Crippen LogP contribution is 2.68. The van der Waals surface area contributed by atoms with Crippen molar-refractivity contribution in [3.8, 4) is 5.75 Å². The van der Waals surface area contributed by atoms with Gasteiger partial charge in [-0.05, 0) is 67.8 Å². The number of carbonyl (C=O) groups is 3. The second-order valence-corrected chi connectivity index (χ2v) is 17.6. The van der Waals surface area contributed by atoms with Crippen molar-refractivity contribution in [2.45, 2.75) is 87.5 Å². The van der Waals surface area contributed by atoms with E-state index in [1.807, 2.05) is 37.1 Å². The number of nitrogens with one attached hydrogen (secondary N) is 2. The van der Waals surface area contributed by atoms with Crippen LogP contribution in [-0.4, -0.2) is 123 Å². The molecule has 1 aromatic heterocycles. The summed E-state index contributed by atoms with van der Waals surface area (Å²) in [6, 6.07) is 11.3. The van der Waals surface area contributed by atoms with Crippen LogP contribution in [0.4, 0.5) is 5.69 Å². The van der Waals surface area contributed by atoms with Crippen molar-refractivity contribution in [2.24, 2.45) is 11.3 Å². The molecule has 9 rings (SSSR count). The van der Waals surface area contributed by atoms with E-state index in [2.05, 4.69) is 63.5 Å². The highest BCUT2D eigenvalue weighted by molar-refractivity contribution is 5.95. The zero-order chi connectivity index (χ0) is 40.9. The molecule has 2 aromatic carbocycles. The minimum Gasteiger partial charge on any atom is -0.496 e. The molecular formula is C46H57N5O7. The molecule has 12 heteroatoms. The molecule has 308 valence electrons. The molecular weight excluding hydrogens is 735 g/mol. The standard InChI is InChI=1S/C46H57N5O7/c1-8-28-21-29-24-45(42(54)57-7,37-31(15-19-50(25-28)26-29)30-13-10-11-14-34(30)48-37)33-22-32-35(23-36(33)56-6)49(5)39-44(32)17-20-51-18-12-16-43(9-2,38(44)51)40(58-27(3)52)46(39,55)41(53)47-4/h10-14,16,21-23,29,38-40,48,55H,8-9,15,17-20,24-26H2,1-7H3,(H,47,53)/t29-,38+,39-,40-,43-,44-,45+,46+/m1/s1. The quantitative estimate of drug-likeness (QED) is 0.234. The summed E-state index contributed by atoms with van der Waals surface area (Å²) in [6.07, 6.45) is 8.63. The van der Waals surface area contributed by atoms with Gasteiger partial charge in [0.15, 0.2) is 6.10 Å². The SMILES string of the molecule is CCC1=C[C@H]2CN(CCc3c([nH]c4ccccc34)[C@@](C(=O)OC)(c3cc4c(cc3OC)N(C)[C@H]3[C@@](O)(C(=O)NC)[C@H](OC(C)=O)[C@]5(CC)C=CCN6CC[C@]43[C@@H]65)C2)C1. The van der Waals surface area contributed by atoms with Gasteiger partial charge in [-0.1, -0.05) is 55.8 Å². The second kappa shape index (κ2) is 13.7. The Morgan fingerprint density at radius 2 is 1.86 bits per heavy atom. The fourth-order valence-electron chi connectivity index (χ4n) is 13.1. The van der Waals surface area contributed by atoms with E-state index in [1.165, 1.54) is 26.7 Å². The van der Waals surface area contributed by atoms with Gasteiger partial charge in [0.2, 0.25) is 5.60 Å². The first-order valence-electron chi connectivity index (χ1n) is 21.0. The monoisotopic (exact) mass is 791 g/mol. The highest BCUT2D eigenvalue weighted by Gasteiger charge is 2.80. The third kappa shape index (κ3) is 4.94. The fraction of sp³-hybridized carbons (Fsp3) is 0.543. The number of anilines is 1. The molecule has 9 atom stereocenters. The third-order valence-electron chi connectivity index (χ3n) is 15.1. The molecule has 3 aromatic rings. The van der Waals surface area contributed by atoms with Gasteiger partial charge in [-0.2, -0.15) is 0 Å². The van der Waals surface area contributed by atoms with Crippen LogP contribution in [0.1, 0.15) is 68.8 Å². The van der Waals surface area contributed by atoms with Gasteiger partial charge in [-0.15, -0.1) is 0 Å². The second-order valence-electron chi connectivity index (χ2n) is 17.6. The number of hydrogen-bond donors (Lipinski definition) is 3. The summed E-state index contributed by atoms with van der Waals surface area (Å²) < 4.78 is 18.6. The first kappa shape index (κ1) is 38.8. The summed E-state index contributed by atoms with van der Waals surface area (Å²) in [5.74, 6) is -0.996. The number of methoxy groups -OCH3 is 2. The van der Waals surface area contributed by atoms with Crippen molar-refractivity contribution in [3.63, 3.8) is 0 Å². The van der Waals surface area contributed by atoms with E-state index in [1.54, 1.807) is 7.11 Å². The van der Waals surface area contributed by atoms with Crippen molar-refractivity contribution in [3.05, 3.63) is 82.6 Å². The molecule has 1 saturated carbocycles. The number of hydrogen-bond acceptors (Lipinski definition) is 10. The predicted octanol–water partition coefficient (Wildman–Crippen LogP) is 4.37. The number of aromatic nitrogens is 1. The van der Waals surface area contributed by atoms with Crippen LogP contribution in [0, 0.1) is 11.3 Å². The molecule has 2 fully saturated rings. The van der Waals surface area contributed by atoms with Crippen LogP contribution >= 0.6 is 0 Å². The maximum Gasteiger partial charge on any atom is 0.322 e. The Kier molecular flexibility index (Phi) is 9.18. The zero-order valence-corrected chi connectivity index (χ0v) is 34.8. The number of aromatic amines is 1. The summed E-state index contributed by atoms with van der Waals surface area (Å²) >= 11 is 0. The average molecular weight is 792 g/mol. The number of para-hydroxylation sites is 1. The van der Waals surface area contributed by atoms with E-state index < -0.39 is 45.9 Å². The third-order valence-corrected chi connectivity index (χ3v) is 15.1. The number of benzene rings is 2. The van der Waals surface area contributed by atoms with Crippen LogP contribution in [0.5, 0.6) is 5.75 Å². The summed E-state index contributed by atoms with van der Waals surface area (Å²) in [5.41, 5.74) is 1.41. The van der Waals surface area contributed by atoms with Crippen LogP contribution in [0.15, 0.2) is 60.2 Å². The Morgan fingerprint density at radius 3 is 2.57 bits per heavy atom. The number of amides is 1. The summed E-state index contributed by atoms with van der Waals surface area (Å²) in [5, 5.41) is 17.2. The molecule has 1 aliphatic carbocycles. The van der Waals surface area contributed by atoms with E-state index in [4.69, 9.17) is 14.2 Å². The molecule has 5 aliphatic heterocycles. The molecule has 1 unspecified atom stereocenters. The maximum atomic E-state index is 15.3. The Morgan fingerprint density at radius 1 is 1.07 bits per heavy atom. The van der Waals surface area contributed by atoms with Crippen LogP contribution in [-0.2, 0) is 41.1 Å². The molecule has 1 spiro atoms. The van der Waals surface area contributed by atoms with Crippen molar-refractivity contribution in [1.29, 1.82) is 0 Å². The fourth-order valence-corrected chi connectivity index (χ4v) is 13.1. The van der Waals surface area contributed by atoms with Gasteiger partial charge in [0.05, 0.1) is 20.3 Å². The minimum atomic E-state index is -2.17. The number of ether oxygens (including phenoxy) is 3. The summed E-state index contributed by atoms with van der Waals surface area (Å²) in [7, 11) is 6.54. The molecule has 2 bridgehead atoms. The van der Waals surface area contributed by atoms with Crippen LogP contribution in [0.3, 0.4) is 0 Å². The van der Waals surface area contributed by atoms with E-state index in [0.717, 1.165) is 65.9 Å². The van der Waals surface area contributed by atoms with Gasteiger partial charge in [0.25, 0.3) is 5.91 Å². The lowest BCUT2D eigenvalue weighted by molar-refractivity contribution is -0.217. The highest BCUT2D eigenvalue weighted by atomic mass is 16.6. The number of H-pyrrole nitrogens is 1. The predicted molar refractivity (Wildman–Crippen MR) is 221 cm³/mol.